The summed E-state index contributed by atoms with van der Waals surface area (Å²) in [5.41, 5.74) is 0. The highest BCUT2D eigenvalue weighted by atomic mass is 32.1. The summed E-state index contributed by atoms with van der Waals surface area (Å²) in [4.78, 5) is 4.32. The fraction of sp³-hybridized carbons (Fsp3) is 0.812. The molecule has 0 fully saturated rings. The van der Waals surface area contributed by atoms with Crippen molar-refractivity contribution in [1.29, 1.82) is 0 Å². The van der Waals surface area contributed by atoms with Crippen LogP contribution in [-0.2, 0) is 6.42 Å². The van der Waals surface area contributed by atoms with Crippen LogP contribution in [0.3, 0.4) is 0 Å². The van der Waals surface area contributed by atoms with Gasteiger partial charge in [0.05, 0.1) is 5.01 Å². The van der Waals surface area contributed by atoms with E-state index in [-0.39, 0.29) is 0 Å². The van der Waals surface area contributed by atoms with Gasteiger partial charge in [-0.3, -0.25) is 0 Å². The Kier molecular flexibility index (Phi) is 10.2. The monoisotopic (exact) mass is 267 g/mol. The van der Waals surface area contributed by atoms with Gasteiger partial charge in [0.15, 0.2) is 0 Å². The molecule has 104 valence electrons. The molecule has 0 amide bonds. The summed E-state index contributed by atoms with van der Waals surface area (Å²) in [5.74, 6) is 0. The van der Waals surface area contributed by atoms with Crippen molar-refractivity contribution in [1.82, 2.24) is 4.98 Å². The van der Waals surface area contributed by atoms with Crippen molar-refractivity contribution >= 4 is 11.3 Å². The normalized spacial score (nSPS) is 10.9. The highest BCUT2D eigenvalue weighted by molar-refractivity contribution is 7.09. The van der Waals surface area contributed by atoms with E-state index in [4.69, 9.17) is 0 Å². The molecule has 1 aromatic rings. The first-order valence-corrected chi connectivity index (χ1v) is 8.70. The molecule has 0 aliphatic carbocycles. The largest absolute Gasteiger partial charge is 0.250 e. The molecule has 1 heterocycles. The van der Waals surface area contributed by atoms with Crippen LogP contribution in [0, 0.1) is 0 Å². The number of aromatic nitrogens is 1. The Labute approximate surface area is 117 Å². The smallest absolute Gasteiger partial charge is 0.0924 e. The summed E-state index contributed by atoms with van der Waals surface area (Å²) in [6.45, 7) is 2.28. The molecule has 1 aromatic heterocycles. The van der Waals surface area contributed by atoms with Gasteiger partial charge in [-0.15, -0.1) is 11.3 Å². The third-order valence-electron chi connectivity index (χ3n) is 3.48. The first kappa shape index (κ1) is 15.7. The fourth-order valence-corrected chi connectivity index (χ4v) is 2.98. The third kappa shape index (κ3) is 8.68. The lowest BCUT2D eigenvalue weighted by Crippen LogP contribution is -1.85. The van der Waals surface area contributed by atoms with E-state index < -0.39 is 0 Å². The zero-order chi connectivity index (χ0) is 12.9. The van der Waals surface area contributed by atoms with Crippen molar-refractivity contribution < 1.29 is 0 Å². The minimum absolute atomic E-state index is 1.19. The van der Waals surface area contributed by atoms with Crippen molar-refractivity contribution in [2.75, 3.05) is 0 Å². The van der Waals surface area contributed by atoms with E-state index in [9.17, 15) is 0 Å². The van der Waals surface area contributed by atoms with Crippen LogP contribution in [0.4, 0.5) is 0 Å². The Balaban J connectivity index is 1.73. The average molecular weight is 267 g/mol. The Bertz CT molecular complexity index is 256. The van der Waals surface area contributed by atoms with Crippen LogP contribution in [0.25, 0.3) is 0 Å². The lowest BCUT2D eigenvalue weighted by atomic mass is 10.1. The van der Waals surface area contributed by atoms with Gasteiger partial charge in [0.25, 0.3) is 0 Å². The summed E-state index contributed by atoms with van der Waals surface area (Å²) in [7, 11) is 0. The standard InChI is InChI=1S/C16H29NS/c1-2-3-4-5-6-7-8-9-10-11-12-13-16-17-14-15-18-16/h14-15H,2-13H2,1H3. The average Bonchev–Trinajstić information content (AvgIpc) is 2.89. The van der Waals surface area contributed by atoms with Crippen molar-refractivity contribution in [3.63, 3.8) is 0 Å². The van der Waals surface area contributed by atoms with Crippen LogP contribution < -0.4 is 0 Å². The highest BCUT2D eigenvalue weighted by Gasteiger charge is 1.96. The summed E-state index contributed by atoms with van der Waals surface area (Å²) in [6, 6.07) is 0. The van der Waals surface area contributed by atoms with Crippen LogP contribution in [0.1, 0.15) is 82.6 Å². The van der Waals surface area contributed by atoms with Gasteiger partial charge in [-0.1, -0.05) is 71.1 Å². The molecular formula is C16H29NS. The Morgan fingerprint density at radius 1 is 0.833 bits per heavy atom. The van der Waals surface area contributed by atoms with Crippen LogP contribution in [0.15, 0.2) is 11.6 Å². The Morgan fingerprint density at radius 3 is 1.89 bits per heavy atom. The van der Waals surface area contributed by atoms with E-state index in [1.54, 1.807) is 11.3 Å². The van der Waals surface area contributed by atoms with Gasteiger partial charge in [-0.2, -0.15) is 0 Å². The molecule has 0 bridgehead atoms. The molecule has 0 aliphatic heterocycles. The van der Waals surface area contributed by atoms with Crippen molar-refractivity contribution in [2.24, 2.45) is 0 Å². The molecule has 0 saturated heterocycles. The second kappa shape index (κ2) is 11.7. The molecule has 18 heavy (non-hydrogen) atoms. The Hall–Kier alpha value is -0.370. The second-order valence-electron chi connectivity index (χ2n) is 5.21. The molecule has 0 aliphatic rings. The lowest BCUT2D eigenvalue weighted by Gasteiger charge is -2.02. The molecule has 0 aromatic carbocycles. The van der Waals surface area contributed by atoms with E-state index in [2.05, 4.69) is 17.3 Å². The van der Waals surface area contributed by atoms with E-state index >= 15 is 0 Å². The summed E-state index contributed by atoms with van der Waals surface area (Å²) >= 11 is 1.79. The van der Waals surface area contributed by atoms with Crippen LogP contribution >= 0.6 is 11.3 Å². The number of hydrogen-bond acceptors (Lipinski definition) is 2. The zero-order valence-electron chi connectivity index (χ0n) is 12.0. The maximum atomic E-state index is 4.32. The molecule has 0 unspecified atom stereocenters. The van der Waals surface area contributed by atoms with Gasteiger partial charge in [0.2, 0.25) is 0 Å². The molecule has 0 atom stereocenters. The van der Waals surface area contributed by atoms with Gasteiger partial charge in [0.1, 0.15) is 0 Å². The van der Waals surface area contributed by atoms with Crippen molar-refractivity contribution in [3.05, 3.63) is 16.6 Å². The van der Waals surface area contributed by atoms with E-state index in [0.29, 0.717) is 0 Å². The summed E-state index contributed by atoms with van der Waals surface area (Å²) < 4.78 is 0. The number of unbranched alkanes of at least 4 members (excludes halogenated alkanes) is 10. The van der Waals surface area contributed by atoms with Gasteiger partial charge < -0.3 is 0 Å². The Morgan fingerprint density at radius 2 is 1.39 bits per heavy atom. The van der Waals surface area contributed by atoms with Gasteiger partial charge in [-0.25, -0.2) is 4.98 Å². The first-order valence-electron chi connectivity index (χ1n) is 7.82. The molecule has 0 radical (unpaired) electrons. The molecule has 0 spiro atoms. The number of aryl methyl sites for hydroxylation is 1. The topological polar surface area (TPSA) is 12.9 Å². The SMILES string of the molecule is CCCCCCCCCCCCCc1nccs1. The number of thiazole rings is 1. The molecule has 0 saturated carbocycles. The zero-order valence-corrected chi connectivity index (χ0v) is 12.8. The van der Waals surface area contributed by atoms with E-state index in [0.717, 1.165) is 0 Å². The predicted octanol–water partition coefficient (Wildman–Crippen LogP) is 6.00. The minimum Gasteiger partial charge on any atom is -0.250 e. The highest BCUT2D eigenvalue weighted by Crippen LogP contribution is 2.13. The molecule has 1 rings (SSSR count). The third-order valence-corrected chi connectivity index (χ3v) is 4.32. The van der Waals surface area contributed by atoms with E-state index in [1.165, 1.54) is 82.1 Å². The maximum absolute atomic E-state index is 4.32. The summed E-state index contributed by atoms with van der Waals surface area (Å²) in [6.07, 6.45) is 18.7. The van der Waals surface area contributed by atoms with Crippen LogP contribution in [-0.4, -0.2) is 4.98 Å². The maximum Gasteiger partial charge on any atom is 0.0924 e. The second-order valence-corrected chi connectivity index (χ2v) is 6.19. The van der Waals surface area contributed by atoms with Crippen LogP contribution in [0.2, 0.25) is 0 Å². The van der Waals surface area contributed by atoms with Crippen molar-refractivity contribution in [3.8, 4) is 0 Å². The minimum atomic E-state index is 1.19. The van der Waals surface area contributed by atoms with Crippen molar-refractivity contribution in [2.45, 2.75) is 84.0 Å². The number of rotatable bonds is 12. The number of nitrogens with zero attached hydrogens (tertiary/aromatic N) is 1. The lowest BCUT2D eigenvalue weighted by molar-refractivity contribution is 0.549. The first-order chi connectivity index (χ1) is 8.93. The number of hydrogen-bond donors (Lipinski definition) is 0. The quantitative estimate of drug-likeness (QED) is 0.423. The van der Waals surface area contributed by atoms with Gasteiger partial charge >= 0.3 is 0 Å². The van der Waals surface area contributed by atoms with Gasteiger partial charge in [-0.05, 0) is 12.8 Å². The molecule has 1 nitrogen and oxygen atoms in total. The molecular weight excluding hydrogens is 238 g/mol. The fourth-order valence-electron chi connectivity index (χ4n) is 2.32. The summed E-state index contributed by atoms with van der Waals surface area (Å²) in [5, 5.41) is 3.39. The molecule has 2 heteroatoms. The molecule has 0 N–H and O–H groups in total. The van der Waals surface area contributed by atoms with Gasteiger partial charge in [0, 0.05) is 11.6 Å². The van der Waals surface area contributed by atoms with E-state index in [1.807, 2.05) is 6.20 Å². The predicted molar refractivity (Wildman–Crippen MR) is 82.3 cm³/mol. The van der Waals surface area contributed by atoms with Crippen LogP contribution in [0.5, 0.6) is 0 Å².